The summed E-state index contributed by atoms with van der Waals surface area (Å²) in [6.07, 6.45) is -0.196. The smallest absolute Gasteiger partial charge is 0.338 e. The van der Waals surface area contributed by atoms with Gasteiger partial charge in [-0.2, -0.15) is 0 Å². The van der Waals surface area contributed by atoms with Crippen molar-refractivity contribution in [1.29, 1.82) is 0 Å². The Morgan fingerprint density at radius 1 is 0.933 bits per heavy atom. The van der Waals surface area contributed by atoms with Gasteiger partial charge in [0.2, 0.25) is 11.8 Å². The maximum Gasteiger partial charge on any atom is 0.338 e. The first kappa shape index (κ1) is 33.1. The summed E-state index contributed by atoms with van der Waals surface area (Å²) in [6, 6.07) is 20.5. The van der Waals surface area contributed by atoms with Crippen LogP contribution in [0.25, 0.3) is 11.1 Å². The third kappa shape index (κ3) is 8.67. The largest absolute Gasteiger partial charge is 0.473 e. The van der Waals surface area contributed by atoms with Crippen molar-refractivity contribution in [2.45, 2.75) is 65.7 Å². The first-order valence-electron chi connectivity index (χ1n) is 14.5. The number of carbonyl (C=O) groups is 3. The van der Waals surface area contributed by atoms with E-state index in [1.54, 1.807) is 77.1 Å². The molecular weight excluding hydrogens is 594 g/mol. The Morgan fingerprint density at radius 3 is 2.20 bits per heavy atom. The predicted molar refractivity (Wildman–Crippen MR) is 174 cm³/mol. The van der Waals surface area contributed by atoms with E-state index in [2.05, 4.69) is 10.4 Å². The Kier molecular flexibility index (Phi) is 10.2. The number of aromatic nitrogens is 2. The van der Waals surface area contributed by atoms with Crippen LogP contribution in [0, 0.1) is 0 Å². The van der Waals surface area contributed by atoms with Crippen LogP contribution in [0.2, 0.25) is 5.02 Å². The lowest BCUT2D eigenvalue weighted by atomic mass is 9.98. The number of carbonyl (C=O) groups excluding carboxylic acids is 3. The van der Waals surface area contributed by atoms with Crippen LogP contribution in [0.5, 0.6) is 5.88 Å². The molecule has 0 radical (unpaired) electrons. The molecular formula is C35H36ClN3O6. The van der Waals surface area contributed by atoms with E-state index in [1.165, 1.54) is 13.0 Å². The number of anilines is 1. The highest BCUT2D eigenvalue weighted by molar-refractivity contribution is 6.31. The highest BCUT2D eigenvalue weighted by Crippen LogP contribution is 2.33. The number of ether oxygens (including phenoxy) is 2. The van der Waals surface area contributed by atoms with E-state index in [9.17, 15) is 19.2 Å². The monoisotopic (exact) mass is 629 g/mol. The van der Waals surface area contributed by atoms with Gasteiger partial charge in [0.25, 0.3) is 5.56 Å². The van der Waals surface area contributed by atoms with Gasteiger partial charge in [0.1, 0.15) is 11.6 Å². The fourth-order valence-corrected chi connectivity index (χ4v) is 4.78. The number of nitrogens with one attached hydrogen (secondary N) is 1. The topological polar surface area (TPSA) is 117 Å². The summed E-state index contributed by atoms with van der Waals surface area (Å²) in [5.74, 6) is -1.14. The fraction of sp³-hybridized carbons (Fsp3) is 0.286. The molecule has 0 aliphatic heterocycles. The van der Waals surface area contributed by atoms with Crippen molar-refractivity contribution in [3.05, 3.63) is 111 Å². The summed E-state index contributed by atoms with van der Waals surface area (Å²) >= 11 is 6.28. The summed E-state index contributed by atoms with van der Waals surface area (Å²) in [5, 5.41) is 7.77. The van der Waals surface area contributed by atoms with Crippen LogP contribution in [0.3, 0.4) is 0 Å². The highest BCUT2D eigenvalue weighted by Gasteiger charge is 2.27. The van der Waals surface area contributed by atoms with Crippen molar-refractivity contribution in [3.63, 3.8) is 0 Å². The molecule has 234 valence electrons. The van der Waals surface area contributed by atoms with Gasteiger partial charge in [0, 0.05) is 28.8 Å². The Balaban J connectivity index is 1.76. The normalized spacial score (nSPS) is 12.0. The lowest BCUT2D eigenvalue weighted by molar-refractivity contribution is -0.119. The van der Waals surface area contributed by atoms with Gasteiger partial charge in [0.05, 0.1) is 17.2 Å². The average Bonchev–Trinajstić information content (AvgIpc) is 2.96. The van der Waals surface area contributed by atoms with Crippen molar-refractivity contribution in [1.82, 2.24) is 9.78 Å². The van der Waals surface area contributed by atoms with E-state index >= 15 is 0 Å². The van der Waals surface area contributed by atoms with Crippen LogP contribution in [0.1, 0.15) is 73.9 Å². The van der Waals surface area contributed by atoms with E-state index in [0.29, 0.717) is 27.4 Å². The van der Waals surface area contributed by atoms with Gasteiger partial charge < -0.3 is 14.8 Å². The molecule has 1 heterocycles. The maximum atomic E-state index is 13.8. The highest BCUT2D eigenvalue weighted by atomic mass is 35.5. The third-order valence-corrected chi connectivity index (χ3v) is 6.81. The number of amides is 1. The van der Waals surface area contributed by atoms with Crippen LogP contribution < -0.4 is 15.6 Å². The molecule has 0 saturated heterocycles. The van der Waals surface area contributed by atoms with E-state index in [0.717, 1.165) is 10.2 Å². The summed E-state index contributed by atoms with van der Waals surface area (Å²) in [6.45, 7) is 10.4. The maximum absolute atomic E-state index is 13.8. The molecule has 1 unspecified atom stereocenters. The zero-order chi connectivity index (χ0) is 32.9. The molecule has 9 nitrogen and oxygen atoms in total. The number of rotatable bonds is 10. The van der Waals surface area contributed by atoms with E-state index < -0.39 is 29.1 Å². The summed E-state index contributed by atoms with van der Waals surface area (Å²) < 4.78 is 12.5. The van der Waals surface area contributed by atoms with Crippen molar-refractivity contribution >= 4 is 34.9 Å². The Bertz CT molecular complexity index is 1760. The van der Waals surface area contributed by atoms with Crippen LogP contribution in [-0.2, 0) is 16.0 Å². The molecule has 3 aromatic carbocycles. The molecule has 0 fully saturated rings. The van der Waals surface area contributed by atoms with Crippen molar-refractivity contribution in [2.75, 3.05) is 5.32 Å². The lowest BCUT2D eigenvalue weighted by Gasteiger charge is -2.22. The van der Waals surface area contributed by atoms with Crippen molar-refractivity contribution in [3.8, 4) is 17.0 Å². The lowest BCUT2D eigenvalue weighted by Crippen LogP contribution is -2.36. The summed E-state index contributed by atoms with van der Waals surface area (Å²) in [7, 11) is 0. The van der Waals surface area contributed by atoms with Crippen LogP contribution in [0.15, 0.2) is 83.7 Å². The Labute approximate surface area is 267 Å². The molecule has 1 N–H and O–H groups in total. The van der Waals surface area contributed by atoms with Gasteiger partial charge in [0.15, 0.2) is 5.78 Å². The standard InChI is InChI=1S/C35H36ClN3O6/c1-21(2)44-33-29(28-19-25(36)14-17-27(28)22(3)40)20-31(41)39(38-33)30(18-23-10-8-7-9-11-23)32(42)37-26-15-12-24(13-16-26)34(43)45-35(4,5)6/h7-17,19-21,30H,18H2,1-6H3,(H,37,42). The van der Waals surface area contributed by atoms with Crippen LogP contribution >= 0.6 is 11.6 Å². The van der Waals surface area contributed by atoms with Crippen LogP contribution in [-0.4, -0.2) is 39.1 Å². The minimum Gasteiger partial charge on any atom is -0.473 e. The first-order valence-corrected chi connectivity index (χ1v) is 14.9. The minimum atomic E-state index is -1.08. The molecule has 0 spiro atoms. The molecule has 0 saturated carbocycles. The molecule has 0 aliphatic rings. The molecule has 4 rings (SSSR count). The number of halogens is 1. The number of esters is 1. The first-order chi connectivity index (χ1) is 21.2. The molecule has 0 aliphatic carbocycles. The molecule has 1 aromatic heterocycles. The van der Waals surface area contributed by atoms with Crippen molar-refractivity contribution < 1.29 is 23.9 Å². The fourth-order valence-electron chi connectivity index (χ4n) is 4.61. The molecule has 1 atom stereocenters. The van der Waals surface area contributed by atoms with Crippen LogP contribution in [0.4, 0.5) is 5.69 Å². The molecule has 4 aromatic rings. The number of hydrogen-bond acceptors (Lipinski definition) is 7. The molecule has 1 amide bonds. The van der Waals surface area contributed by atoms with E-state index in [-0.39, 0.29) is 29.8 Å². The number of Topliss-reactive ketones (excluding diaryl/α,β-unsaturated/α-hetero) is 1. The van der Waals surface area contributed by atoms with Gasteiger partial charge in [-0.05, 0) is 95.1 Å². The predicted octanol–water partition coefficient (Wildman–Crippen LogP) is 6.93. The van der Waals surface area contributed by atoms with E-state index in [4.69, 9.17) is 21.1 Å². The SMILES string of the molecule is CC(=O)c1ccc(Cl)cc1-c1cc(=O)n(C(Cc2ccccc2)C(=O)Nc2ccc(C(=O)OC(C)(C)C)cc2)nc1OC(C)C. The van der Waals surface area contributed by atoms with Gasteiger partial charge >= 0.3 is 5.97 Å². The van der Waals surface area contributed by atoms with Gasteiger partial charge in [-0.3, -0.25) is 14.4 Å². The zero-order valence-electron chi connectivity index (χ0n) is 26.1. The number of hydrogen-bond donors (Lipinski definition) is 1. The number of benzene rings is 3. The second kappa shape index (κ2) is 13.9. The minimum absolute atomic E-state index is 0.0712. The van der Waals surface area contributed by atoms with Gasteiger partial charge in [-0.25, -0.2) is 9.48 Å². The second-order valence-corrected chi connectivity index (χ2v) is 12.3. The summed E-state index contributed by atoms with van der Waals surface area (Å²) in [4.78, 5) is 52.5. The molecule has 10 heteroatoms. The Hall–Kier alpha value is -4.76. The van der Waals surface area contributed by atoms with Crippen molar-refractivity contribution in [2.24, 2.45) is 0 Å². The van der Waals surface area contributed by atoms with E-state index in [1.807, 2.05) is 30.3 Å². The quantitative estimate of drug-likeness (QED) is 0.149. The summed E-state index contributed by atoms with van der Waals surface area (Å²) in [5.41, 5.74) is 1.36. The van der Waals surface area contributed by atoms with Gasteiger partial charge in [-0.1, -0.05) is 41.9 Å². The number of nitrogens with zero attached hydrogens (tertiary/aromatic N) is 2. The molecule has 0 bridgehead atoms. The number of ketones is 1. The Morgan fingerprint density at radius 2 is 1.60 bits per heavy atom. The second-order valence-electron chi connectivity index (χ2n) is 11.8. The average molecular weight is 630 g/mol. The third-order valence-electron chi connectivity index (χ3n) is 6.58. The van der Waals surface area contributed by atoms with Gasteiger partial charge in [-0.15, -0.1) is 5.10 Å². The zero-order valence-corrected chi connectivity index (χ0v) is 26.8. The molecule has 45 heavy (non-hydrogen) atoms.